The number of imide groups is 2. The topological polar surface area (TPSA) is 105 Å². The van der Waals surface area contributed by atoms with Crippen LogP contribution in [0.3, 0.4) is 0 Å². The maximum atomic E-state index is 13.1. The van der Waals surface area contributed by atoms with Crippen LogP contribution in [0.15, 0.2) is 66.2 Å². The lowest BCUT2D eigenvalue weighted by Crippen LogP contribution is -2.54. The fraction of sp³-hybridized carbons (Fsp3) is 0.111. The predicted octanol–water partition coefficient (Wildman–Crippen LogP) is 5.29. The number of hydrogen-bond donors (Lipinski definition) is 2. The van der Waals surface area contributed by atoms with Crippen LogP contribution in [0.25, 0.3) is 6.08 Å². The molecule has 4 rings (SSSR count). The van der Waals surface area contributed by atoms with E-state index in [1.54, 1.807) is 43.3 Å². The predicted molar refractivity (Wildman–Crippen MR) is 142 cm³/mol. The number of barbiturate groups is 1. The van der Waals surface area contributed by atoms with Gasteiger partial charge in [-0.1, -0.05) is 53.0 Å². The van der Waals surface area contributed by atoms with Gasteiger partial charge in [0.1, 0.15) is 11.3 Å². The monoisotopic (exact) mass is 537 g/mol. The van der Waals surface area contributed by atoms with Crippen LogP contribution in [0.1, 0.15) is 16.7 Å². The van der Waals surface area contributed by atoms with Crippen molar-refractivity contribution >= 4 is 64.4 Å². The van der Waals surface area contributed by atoms with Crippen molar-refractivity contribution in [3.8, 4) is 5.75 Å². The van der Waals surface area contributed by atoms with Crippen LogP contribution in [-0.4, -0.2) is 30.4 Å². The van der Waals surface area contributed by atoms with Crippen LogP contribution in [0, 0.1) is 13.8 Å². The summed E-state index contributed by atoms with van der Waals surface area (Å²) in [5.74, 6) is -1.76. The lowest BCUT2D eigenvalue weighted by atomic mass is 10.1. The Bertz CT molecular complexity index is 1450. The molecule has 0 spiro atoms. The average Bonchev–Trinajstić information content (AvgIpc) is 2.85. The molecule has 0 radical (unpaired) electrons. The van der Waals surface area contributed by atoms with Crippen molar-refractivity contribution in [3.05, 3.63) is 93.0 Å². The number of ether oxygens (including phenoxy) is 1. The van der Waals surface area contributed by atoms with Gasteiger partial charge in [0.2, 0.25) is 0 Å². The minimum absolute atomic E-state index is 0.166. The van der Waals surface area contributed by atoms with E-state index in [9.17, 15) is 19.2 Å². The number of carbonyl (C=O) groups excluding carboxylic acids is 4. The van der Waals surface area contributed by atoms with Gasteiger partial charge in [-0.2, -0.15) is 0 Å². The number of hydrogen-bond acceptors (Lipinski definition) is 5. The number of nitrogens with one attached hydrogen (secondary N) is 2. The average molecular weight is 538 g/mol. The van der Waals surface area contributed by atoms with Crippen LogP contribution in [0.5, 0.6) is 5.75 Å². The Morgan fingerprint density at radius 2 is 1.73 bits per heavy atom. The fourth-order valence-electron chi connectivity index (χ4n) is 3.58. The normalized spacial score (nSPS) is 14.5. The van der Waals surface area contributed by atoms with E-state index in [-0.39, 0.29) is 34.5 Å². The number of carbonyl (C=O) groups is 4. The number of nitrogens with zero attached hydrogens (tertiary/aromatic N) is 1. The Morgan fingerprint density at radius 1 is 1.00 bits per heavy atom. The van der Waals surface area contributed by atoms with E-state index in [2.05, 4.69) is 10.6 Å². The van der Waals surface area contributed by atoms with Gasteiger partial charge in [0.25, 0.3) is 17.7 Å². The molecule has 2 N–H and O–H groups in total. The van der Waals surface area contributed by atoms with Crippen molar-refractivity contribution in [2.75, 3.05) is 16.8 Å². The highest BCUT2D eigenvalue weighted by Gasteiger charge is 2.37. The maximum absolute atomic E-state index is 13.1. The molecule has 1 aliphatic rings. The second-order valence-corrected chi connectivity index (χ2v) is 9.05. The third kappa shape index (κ3) is 5.82. The molecule has 0 aliphatic carbocycles. The van der Waals surface area contributed by atoms with Crippen LogP contribution in [0.4, 0.5) is 16.2 Å². The maximum Gasteiger partial charge on any atom is 0.335 e. The van der Waals surface area contributed by atoms with Gasteiger partial charge in [0.05, 0.1) is 10.7 Å². The summed E-state index contributed by atoms with van der Waals surface area (Å²) in [6.07, 6.45) is 1.32. The zero-order valence-electron chi connectivity index (χ0n) is 19.8. The quantitative estimate of drug-likeness (QED) is 0.328. The van der Waals surface area contributed by atoms with E-state index in [1.807, 2.05) is 19.1 Å². The van der Waals surface area contributed by atoms with Gasteiger partial charge in [-0.25, -0.2) is 9.69 Å². The molecule has 3 aromatic rings. The summed E-state index contributed by atoms with van der Waals surface area (Å²) in [7, 11) is 0. The summed E-state index contributed by atoms with van der Waals surface area (Å²) in [5, 5.41) is 5.43. The lowest BCUT2D eigenvalue weighted by molar-refractivity contribution is -0.122. The van der Waals surface area contributed by atoms with Crippen molar-refractivity contribution in [3.63, 3.8) is 0 Å². The second kappa shape index (κ2) is 10.9. The van der Waals surface area contributed by atoms with Gasteiger partial charge in [0.15, 0.2) is 6.61 Å². The molecule has 37 heavy (non-hydrogen) atoms. The first-order valence-corrected chi connectivity index (χ1v) is 11.8. The number of aryl methyl sites for hydroxylation is 1. The molecule has 1 heterocycles. The first-order valence-electron chi connectivity index (χ1n) is 11.1. The SMILES string of the molecule is Cc1ccc(NC(=O)COc2ccc(/C=C3\C(=O)NC(=O)N(c4cccc(Cl)c4C)C3=O)cc2Cl)cc1. The molecule has 188 valence electrons. The van der Waals surface area contributed by atoms with Crippen LogP contribution in [-0.2, 0) is 14.4 Å². The number of urea groups is 1. The van der Waals surface area contributed by atoms with Crippen molar-refractivity contribution in [1.29, 1.82) is 0 Å². The Balaban J connectivity index is 1.49. The highest BCUT2D eigenvalue weighted by atomic mass is 35.5. The van der Waals surface area contributed by atoms with Gasteiger partial charge in [-0.15, -0.1) is 0 Å². The van der Waals surface area contributed by atoms with E-state index in [0.29, 0.717) is 21.8 Å². The van der Waals surface area contributed by atoms with Crippen LogP contribution < -0.4 is 20.3 Å². The van der Waals surface area contributed by atoms with Gasteiger partial charge in [-0.3, -0.25) is 19.7 Å². The first-order chi connectivity index (χ1) is 17.6. The molecule has 3 aromatic carbocycles. The molecule has 5 amide bonds. The van der Waals surface area contributed by atoms with Crippen LogP contribution >= 0.6 is 23.2 Å². The largest absolute Gasteiger partial charge is 0.482 e. The Hall–Kier alpha value is -4.14. The number of amides is 5. The van der Waals surface area contributed by atoms with E-state index in [1.165, 1.54) is 18.2 Å². The number of halogens is 2. The van der Waals surface area contributed by atoms with Gasteiger partial charge >= 0.3 is 6.03 Å². The summed E-state index contributed by atoms with van der Waals surface area (Å²) in [5.41, 5.74) is 2.64. The van der Waals surface area contributed by atoms with E-state index in [0.717, 1.165) is 10.5 Å². The highest BCUT2D eigenvalue weighted by Crippen LogP contribution is 2.31. The van der Waals surface area contributed by atoms with Crippen molar-refractivity contribution in [1.82, 2.24) is 5.32 Å². The molecule has 0 bridgehead atoms. The molecule has 8 nitrogen and oxygen atoms in total. The summed E-state index contributed by atoms with van der Waals surface area (Å²) < 4.78 is 5.52. The zero-order valence-corrected chi connectivity index (χ0v) is 21.3. The third-order valence-corrected chi connectivity index (χ3v) is 6.25. The number of rotatable bonds is 6. The minimum atomic E-state index is -0.872. The van der Waals surface area contributed by atoms with Crippen molar-refractivity contribution in [2.24, 2.45) is 0 Å². The minimum Gasteiger partial charge on any atom is -0.482 e. The summed E-state index contributed by atoms with van der Waals surface area (Å²) in [6.45, 7) is 3.34. The molecule has 0 unspecified atom stereocenters. The van der Waals surface area contributed by atoms with Crippen molar-refractivity contribution < 1.29 is 23.9 Å². The third-order valence-electron chi connectivity index (χ3n) is 5.54. The molecule has 0 atom stereocenters. The second-order valence-electron chi connectivity index (χ2n) is 8.23. The lowest BCUT2D eigenvalue weighted by Gasteiger charge is -2.27. The highest BCUT2D eigenvalue weighted by molar-refractivity contribution is 6.40. The molecule has 1 aliphatic heterocycles. The first kappa shape index (κ1) is 25.9. The Morgan fingerprint density at radius 3 is 2.43 bits per heavy atom. The van der Waals surface area contributed by atoms with Gasteiger partial charge in [-0.05, 0) is 67.4 Å². The zero-order chi connectivity index (χ0) is 26.7. The molecular formula is C27H21Cl2N3O5. The van der Waals surface area contributed by atoms with E-state index < -0.39 is 17.8 Å². The summed E-state index contributed by atoms with van der Waals surface area (Å²) >= 11 is 12.5. The molecule has 0 aromatic heterocycles. The molecule has 1 fully saturated rings. The molecule has 0 saturated carbocycles. The Labute approximate surface area is 222 Å². The van der Waals surface area contributed by atoms with E-state index in [4.69, 9.17) is 27.9 Å². The molecule has 10 heteroatoms. The molecular weight excluding hydrogens is 517 g/mol. The summed E-state index contributed by atoms with van der Waals surface area (Å²) in [4.78, 5) is 51.1. The van der Waals surface area contributed by atoms with Crippen LogP contribution in [0.2, 0.25) is 10.0 Å². The smallest absolute Gasteiger partial charge is 0.335 e. The van der Waals surface area contributed by atoms with Gasteiger partial charge < -0.3 is 10.1 Å². The number of anilines is 2. The number of benzene rings is 3. The standard InChI is InChI=1S/C27H21Cl2N3O5/c1-15-6-9-18(10-7-15)30-24(33)14-37-23-11-8-17(13-21(23)29)12-19-25(34)31-27(36)32(26(19)35)22-5-3-4-20(28)16(22)2/h3-13H,14H2,1-2H3,(H,30,33)(H,31,34,36)/b19-12+. The summed E-state index contributed by atoms with van der Waals surface area (Å²) in [6, 6.07) is 15.8. The molecule has 1 saturated heterocycles. The van der Waals surface area contributed by atoms with Crippen molar-refractivity contribution in [2.45, 2.75) is 13.8 Å². The fourth-order valence-corrected chi connectivity index (χ4v) is 4.00. The van der Waals surface area contributed by atoms with E-state index >= 15 is 0 Å². The Kier molecular flexibility index (Phi) is 7.61. The van der Waals surface area contributed by atoms with Gasteiger partial charge in [0, 0.05) is 10.7 Å².